The van der Waals surface area contributed by atoms with E-state index < -0.39 is 0 Å². The minimum Gasteiger partial charge on any atom is -0.370 e. The summed E-state index contributed by atoms with van der Waals surface area (Å²) in [4.78, 5) is 16.3. The van der Waals surface area contributed by atoms with Crippen molar-refractivity contribution in [2.24, 2.45) is 5.92 Å². The van der Waals surface area contributed by atoms with Gasteiger partial charge >= 0.3 is 0 Å². The Morgan fingerprint density at radius 1 is 1.42 bits per heavy atom. The number of nitrogens with one attached hydrogen (secondary N) is 2. The van der Waals surface area contributed by atoms with Crippen LogP contribution in [-0.4, -0.2) is 23.5 Å². The molecule has 0 saturated heterocycles. The van der Waals surface area contributed by atoms with Gasteiger partial charge in [-0.05, 0) is 37.3 Å². The summed E-state index contributed by atoms with van der Waals surface area (Å²) in [5.74, 6) is 1.48. The molecule has 4 nitrogen and oxygen atoms in total. The van der Waals surface area contributed by atoms with E-state index in [1.54, 1.807) is 12.3 Å². The summed E-state index contributed by atoms with van der Waals surface area (Å²) in [5.41, 5.74) is 0.691. The van der Waals surface area contributed by atoms with Gasteiger partial charge in [0.1, 0.15) is 5.82 Å². The fraction of sp³-hybridized carbons (Fsp3) is 0.600. The first-order valence-corrected chi connectivity index (χ1v) is 7.25. The molecule has 19 heavy (non-hydrogen) atoms. The zero-order valence-electron chi connectivity index (χ0n) is 11.8. The van der Waals surface area contributed by atoms with Crippen LogP contribution < -0.4 is 10.6 Å². The molecule has 2 unspecified atom stereocenters. The first kappa shape index (κ1) is 13.8. The van der Waals surface area contributed by atoms with Crippen LogP contribution in [0.4, 0.5) is 5.82 Å². The molecule has 1 aromatic heterocycles. The molecule has 4 heteroatoms. The van der Waals surface area contributed by atoms with E-state index in [0.717, 1.165) is 25.2 Å². The molecule has 1 aliphatic rings. The van der Waals surface area contributed by atoms with Crippen molar-refractivity contribution in [3.05, 3.63) is 23.9 Å². The average Bonchev–Trinajstić information content (AvgIpc) is 3.15. The maximum atomic E-state index is 12.1. The average molecular weight is 261 g/mol. The highest BCUT2D eigenvalue weighted by Crippen LogP contribution is 2.34. The number of amides is 1. The van der Waals surface area contributed by atoms with Gasteiger partial charge in [-0.15, -0.1) is 0 Å². The van der Waals surface area contributed by atoms with Gasteiger partial charge in [-0.25, -0.2) is 4.98 Å². The van der Waals surface area contributed by atoms with Gasteiger partial charge in [0.25, 0.3) is 5.91 Å². The molecule has 0 bridgehead atoms. The molecule has 2 atom stereocenters. The van der Waals surface area contributed by atoms with E-state index in [2.05, 4.69) is 29.5 Å². The number of aromatic nitrogens is 1. The number of hydrogen-bond acceptors (Lipinski definition) is 3. The van der Waals surface area contributed by atoms with Crippen molar-refractivity contribution in [3.63, 3.8) is 0 Å². The highest BCUT2D eigenvalue weighted by atomic mass is 16.1. The quantitative estimate of drug-likeness (QED) is 0.793. The van der Waals surface area contributed by atoms with Crippen LogP contribution in [0, 0.1) is 5.92 Å². The van der Waals surface area contributed by atoms with Crippen molar-refractivity contribution in [1.29, 1.82) is 0 Å². The van der Waals surface area contributed by atoms with Crippen LogP contribution >= 0.6 is 0 Å². The molecule has 1 saturated carbocycles. The first-order valence-electron chi connectivity index (χ1n) is 7.25. The molecule has 0 spiro atoms. The standard InChI is InChI=1S/C15H23N3O/c1-3-5-11-9-13(11)18-15(19)12-6-8-17-14(10-12)16-7-4-2/h6,8,10-11,13H,3-5,7,9H2,1-2H3,(H,16,17)(H,18,19). The van der Waals surface area contributed by atoms with Crippen LogP contribution in [0.1, 0.15) is 49.9 Å². The lowest BCUT2D eigenvalue weighted by atomic mass is 10.2. The second-order valence-corrected chi connectivity index (χ2v) is 5.22. The van der Waals surface area contributed by atoms with Gasteiger partial charge in [0.05, 0.1) is 0 Å². The molecule has 2 rings (SSSR count). The molecule has 1 fully saturated rings. The van der Waals surface area contributed by atoms with Gasteiger partial charge in [-0.3, -0.25) is 4.79 Å². The van der Waals surface area contributed by atoms with Gasteiger partial charge in [-0.2, -0.15) is 0 Å². The van der Waals surface area contributed by atoms with Gasteiger partial charge in [0.2, 0.25) is 0 Å². The van der Waals surface area contributed by atoms with Crippen LogP contribution in [0.15, 0.2) is 18.3 Å². The molecule has 104 valence electrons. The Labute approximate surface area is 115 Å². The lowest BCUT2D eigenvalue weighted by molar-refractivity contribution is 0.0948. The highest BCUT2D eigenvalue weighted by molar-refractivity contribution is 5.95. The Morgan fingerprint density at radius 3 is 3.00 bits per heavy atom. The normalized spacial score (nSPS) is 20.9. The van der Waals surface area contributed by atoms with Crippen molar-refractivity contribution in [2.75, 3.05) is 11.9 Å². The Morgan fingerprint density at radius 2 is 2.26 bits per heavy atom. The highest BCUT2D eigenvalue weighted by Gasteiger charge is 2.37. The predicted octanol–water partition coefficient (Wildman–Crippen LogP) is 2.82. The van der Waals surface area contributed by atoms with E-state index in [-0.39, 0.29) is 5.91 Å². The van der Waals surface area contributed by atoms with E-state index in [1.165, 1.54) is 12.8 Å². The van der Waals surface area contributed by atoms with E-state index in [0.29, 0.717) is 17.5 Å². The number of pyridine rings is 1. The molecular weight excluding hydrogens is 238 g/mol. The molecular formula is C15H23N3O. The Bertz CT molecular complexity index is 433. The Kier molecular flexibility index (Phi) is 4.77. The third-order valence-corrected chi connectivity index (χ3v) is 3.48. The minimum absolute atomic E-state index is 0.0190. The zero-order chi connectivity index (χ0) is 13.7. The molecule has 1 aromatic rings. The fourth-order valence-electron chi connectivity index (χ4n) is 2.29. The first-order chi connectivity index (χ1) is 9.24. The van der Waals surface area contributed by atoms with Crippen LogP contribution in [0.25, 0.3) is 0 Å². The van der Waals surface area contributed by atoms with E-state index >= 15 is 0 Å². The molecule has 1 amide bonds. The predicted molar refractivity (Wildman–Crippen MR) is 77.3 cm³/mol. The molecule has 2 N–H and O–H groups in total. The maximum Gasteiger partial charge on any atom is 0.251 e. The number of hydrogen-bond donors (Lipinski definition) is 2. The van der Waals surface area contributed by atoms with Gasteiger partial charge < -0.3 is 10.6 Å². The summed E-state index contributed by atoms with van der Waals surface area (Å²) < 4.78 is 0. The largest absolute Gasteiger partial charge is 0.370 e. The zero-order valence-corrected chi connectivity index (χ0v) is 11.8. The number of rotatable bonds is 7. The maximum absolute atomic E-state index is 12.1. The van der Waals surface area contributed by atoms with Crippen molar-refractivity contribution < 1.29 is 4.79 Å². The molecule has 1 heterocycles. The minimum atomic E-state index is 0.0190. The third-order valence-electron chi connectivity index (χ3n) is 3.48. The second kappa shape index (κ2) is 6.55. The van der Waals surface area contributed by atoms with Crippen LogP contribution in [0.5, 0.6) is 0 Å². The van der Waals surface area contributed by atoms with Crippen molar-refractivity contribution >= 4 is 11.7 Å². The lowest BCUT2D eigenvalue weighted by Gasteiger charge is -2.07. The summed E-state index contributed by atoms with van der Waals surface area (Å²) in [5, 5.41) is 6.29. The summed E-state index contributed by atoms with van der Waals surface area (Å²) in [6, 6.07) is 3.97. The van der Waals surface area contributed by atoms with Crippen LogP contribution in [-0.2, 0) is 0 Å². The number of anilines is 1. The Hall–Kier alpha value is -1.58. The Balaban J connectivity index is 1.88. The van der Waals surface area contributed by atoms with Crippen molar-refractivity contribution in [1.82, 2.24) is 10.3 Å². The monoisotopic (exact) mass is 261 g/mol. The van der Waals surface area contributed by atoms with Gasteiger partial charge in [0.15, 0.2) is 0 Å². The molecule has 1 aliphatic carbocycles. The summed E-state index contributed by atoms with van der Waals surface area (Å²) in [6.07, 6.45) is 6.26. The van der Waals surface area contributed by atoms with Crippen molar-refractivity contribution in [3.8, 4) is 0 Å². The lowest BCUT2D eigenvalue weighted by Crippen LogP contribution is -2.27. The molecule has 0 radical (unpaired) electrons. The summed E-state index contributed by atoms with van der Waals surface area (Å²) in [7, 11) is 0. The van der Waals surface area contributed by atoms with E-state index in [4.69, 9.17) is 0 Å². The van der Waals surface area contributed by atoms with E-state index in [1.807, 2.05) is 6.07 Å². The summed E-state index contributed by atoms with van der Waals surface area (Å²) >= 11 is 0. The van der Waals surface area contributed by atoms with Gasteiger partial charge in [0, 0.05) is 24.3 Å². The molecule has 0 aromatic carbocycles. The SMILES string of the molecule is CCCNc1cc(C(=O)NC2CC2CCC)ccn1. The van der Waals surface area contributed by atoms with Crippen LogP contribution in [0.3, 0.4) is 0 Å². The van der Waals surface area contributed by atoms with E-state index in [9.17, 15) is 4.79 Å². The van der Waals surface area contributed by atoms with Crippen molar-refractivity contribution in [2.45, 2.75) is 45.6 Å². The second-order valence-electron chi connectivity index (χ2n) is 5.22. The smallest absolute Gasteiger partial charge is 0.251 e. The summed E-state index contributed by atoms with van der Waals surface area (Å²) in [6.45, 7) is 5.16. The van der Waals surface area contributed by atoms with Gasteiger partial charge in [-0.1, -0.05) is 20.3 Å². The van der Waals surface area contributed by atoms with Crippen LogP contribution in [0.2, 0.25) is 0 Å². The number of nitrogens with zero attached hydrogens (tertiary/aromatic N) is 1. The topological polar surface area (TPSA) is 54.0 Å². The number of carbonyl (C=O) groups excluding carboxylic acids is 1. The number of carbonyl (C=O) groups is 1. The fourth-order valence-corrected chi connectivity index (χ4v) is 2.29. The molecule has 0 aliphatic heterocycles. The third kappa shape index (κ3) is 3.94.